The van der Waals surface area contributed by atoms with E-state index in [0.717, 1.165) is 10.8 Å². The average molecular weight is 396 g/mol. The van der Waals surface area contributed by atoms with Crippen LogP contribution in [0.3, 0.4) is 0 Å². The predicted molar refractivity (Wildman–Crippen MR) is 118 cm³/mol. The first-order valence-electron chi connectivity index (χ1n) is 9.58. The zero-order valence-electron chi connectivity index (χ0n) is 16.2. The molecular weight excluding hydrogens is 376 g/mol. The second-order valence-electron chi connectivity index (χ2n) is 6.70. The molecule has 0 bridgehead atoms. The fourth-order valence-electron chi connectivity index (χ4n) is 3.15. The summed E-state index contributed by atoms with van der Waals surface area (Å²) in [4.78, 5) is 24.9. The molecule has 0 spiro atoms. The van der Waals surface area contributed by atoms with Crippen molar-refractivity contribution in [3.8, 4) is 11.5 Å². The van der Waals surface area contributed by atoms with E-state index in [1.54, 1.807) is 24.3 Å². The highest BCUT2D eigenvalue weighted by Gasteiger charge is 2.11. The molecule has 5 nitrogen and oxygen atoms in total. The maximum atomic E-state index is 12.6. The van der Waals surface area contributed by atoms with Crippen molar-refractivity contribution in [1.29, 1.82) is 0 Å². The number of hydrogen-bond donors (Lipinski definition) is 2. The topological polar surface area (TPSA) is 67.4 Å². The first-order valence-corrected chi connectivity index (χ1v) is 9.58. The van der Waals surface area contributed by atoms with Gasteiger partial charge >= 0.3 is 0 Å². The SMILES string of the molecule is O=C(CNC(=O)c1cccc2ccccc12)Nc1cccc(Oc2ccccc2)c1. The summed E-state index contributed by atoms with van der Waals surface area (Å²) in [6.45, 7) is -0.133. The van der Waals surface area contributed by atoms with Gasteiger partial charge in [-0.2, -0.15) is 0 Å². The number of anilines is 1. The van der Waals surface area contributed by atoms with Crippen molar-refractivity contribution in [2.45, 2.75) is 0 Å². The summed E-state index contributed by atoms with van der Waals surface area (Å²) >= 11 is 0. The Balaban J connectivity index is 1.37. The normalized spacial score (nSPS) is 10.4. The van der Waals surface area contributed by atoms with Crippen molar-refractivity contribution in [3.63, 3.8) is 0 Å². The van der Waals surface area contributed by atoms with Crippen LogP contribution in [0.2, 0.25) is 0 Å². The monoisotopic (exact) mass is 396 g/mol. The van der Waals surface area contributed by atoms with Gasteiger partial charge in [0.25, 0.3) is 5.91 Å². The molecule has 0 unspecified atom stereocenters. The summed E-state index contributed by atoms with van der Waals surface area (Å²) in [5.41, 5.74) is 1.13. The summed E-state index contributed by atoms with van der Waals surface area (Å²) in [6, 6.07) is 29.7. The molecule has 148 valence electrons. The third kappa shape index (κ3) is 4.64. The van der Waals surface area contributed by atoms with Crippen LogP contribution in [0.4, 0.5) is 5.69 Å². The number of rotatable bonds is 6. The van der Waals surface area contributed by atoms with Crippen molar-refractivity contribution in [1.82, 2.24) is 5.32 Å². The number of carbonyl (C=O) groups excluding carboxylic acids is 2. The maximum Gasteiger partial charge on any atom is 0.252 e. The van der Waals surface area contributed by atoms with Gasteiger partial charge < -0.3 is 15.4 Å². The van der Waals surface area contributed by atoms with Gasteiger partial charge in [0, 0.05) is 17.3 Å². The Morgan fingerprint density at radius 1 is 0.733 bits per heavy atom. The van der Waals surface area contributed by atoms with Gasteiger partial charge in [0.05, 0.1) is 6.54 Å². The lowest BCUT2D eigenvalue weighted by molar-refractivity contribution is -0.115. The van der Waals surface area contributed by atoms with Gasteiger partial charge in [-0.3, -0.25) is 9.59 Å². The smallest absolute Gasteiger partial charge is 0.252 e. The molecule has 0 saturated carbocycles. The molecule has 0 aliphatic rings. The van der Waals surface area contributed by atoms with E-state index in [2.05, 4.69) is 10.6 Å². The summed E-state index contributed by atoms with van der Waals surface area (Å²) < 4.78 is 5.78. The molecule has 0 aliphatic carbocycles. The predicted octanol–water partition coefficient (Wildman–Crippen LogP) is 5.00. The molecule has 0 aromatic heterocycles. The Morgan fingerprint density at radius 3 is 2.30 bits per heavy atom. The fraction of sp³-hybridized carbons (Fsp3) is 0.0400. The highest BCUT2D eigenvalue weighted by Crippen LogP contribution is 2.24. The van der Waals surface area contributed by atoms with Gasteiger partial charge in [-0.05, 0) is 41.1 Å². The van der Waals surface area contributed by atoms with Crippen LogP contribution in [0.1, 0.15) is 10.4 Å². The molecule has 4 aromatic rings. The van der Waals surface area contributed by atoms with Crippen LogP contribution in [0.15, 0.2) is 97.1 Å². The van der Waals surface area contributed by atoms with Gasteiger partial charge in [-0.15, -0.1) is 0 Å². The van der Waals surface area contributed by atoms with Crippen LogP contribution in [-0.4, -0.2) is 18.4 Å². The van der Waals surface area contributed by atoms with Crippen molar-refractivity contribution in [2.75, 3.05) is 11.9 Å². The van der Waals surface area contributed by atoms with Crippen LogP contribution in [0.25, 0.3) is 10.8 Å². The number of hydrogen-bond acceptors (Lipinski definition) is 3. The van der Waals surface area contributed by atoms with Crippen LogP contribution in [-0.2, 0) is 4.79 Å². The molecule has 4 aromatic carbocycles. The standard InChI is InChI=1S/C25H20N2O3/c28-24(17-26-25(29)23-15-6-9-18-8-4-5-14-22(18)23)27-19-10-7-13-21(16-19)30-20-11-2-1-3-12-20/h1-16H,17H2,(H,26,29)(H,27,28). The zero-order chi connectivity index (χ0) is 20.8. The van der Waals surface area contributed by atoms with E-state index in [1.807, 2.05) is 72.8 Å². The Hall–Kier alpha value is -4.12. The number of amides is 2. The Kier molecular flexibility index (Phi) is 5.71. The Morgan fingerprint density at radius 2 is 1.43 bits per heavy atom. The summed E-state index contributed by atoms with van der Waals surface area (Å²) in [6.07, 6.45) is 0. The maximum absolute atomic E-state index is 12.6. The molecule has 4 rings (SSSR count). The molecule has 0 atom stereocenters. The average Bonchev–Trinajstić information content (AvgIpc) is 2.78. The number of carbonyl (C=O) groups is 2. The van der Waals surface area contributed by atoms with E-state index in [0.29, 0.717) is 22.7 Å². The molecule has 5 heteroatoms. The van der Waals surface area contributed by atoms with Crippen LogP contribution < -0.4 is 15.4 Å². The number of para-hydroxylation sites is 1. The lowest BCUT2D eigenvalue weighted by Crippen LogP contribution is -2.32. The minimum absolute atomic E-state index is 0.133. The molecule has 0 aliphatic heterocycles. The quantitative estimate of drug-likeness (QED) is 0.482. The minimum Gasteiger partial charge on any atom is -0.457 e. The van der Waals surface area contributed by atoms with E-state index in [9.17, 15) is 9.59 Å². The third-order valence-electron chi connectivity index (χ3n) is 4.54. The van der Waals surface area contributed by atoms with E-state index in [4.69, 9.17) is 4.74 Å². The second-order valence-corrected chi connectivity index (χ2v) is 6.70. The van der Waals surface area contributed by atoms with Gasteiger partial charge in [-0.1, -0.05) is 60.7 Å². The van der Waals surface area contributed by atoms with E-state index in [-0.39, 0.29) is 18.4 Å². The Labute approximate surface area is 174 Å². The first kappa shape index (κ1) is 19.2. The largest absolute Gasteiger partial charge is 0.457 e. The third-order valence-corrected chi connectivity index (χ3v) is 4.54. The highest BCUT2D eigenvalue weighted by atomic mass is 16.5. The number of nitrogens with one attached hydrogen (secondary N) is 2. The van der Waals surface area contributed by atoms with Crippen molar-refractivity contribution in [3.05, 3.63) is 103 Å². The molecule has 2 amide bonds. The molecule has 0 radical (unpaired) electrons. The zero-order valence-corrected chi connectivity index (χ0v) is 16.2. The van der Waals surface area contributed by atoms with Gasteiger partial charge in [-0.25, -0.2) is 0 Å². The van der Waals surface area contributed by atoms with E-state index < -0.39 is 0 Å². The van der Waals surface area contributed by atoms with Gasteiger partial charge in [0.1, 0.15) is 11.5 Å². The van der Waals surface area contributed by atoms with Gasteiger partial charge in [0.2, 0.25) is 5.91 Å². The summed E-state index contributed by atoms with van der Waals surface area (Å²) in [7, 11) is 0. The molecular formula is C25H20N2O3. The number of fused-ring (bicyclic) bond motifs is 1. The van der Waals surface area contributed by atoms with Gasteiger partial charge in [0.15, 0.2) is 0 Å². The molecule has 0 saturated heterocycles. The second kappa shape index (κ2) is 8.92. The highest BCUT2D eigenvalue weighted by molar-refractivity contribution is 6.08. The lowest BCUT2D eigenvalue weighted by Gasteiger charge is -2.10. The van der Waals surface area contributed by atoms with E-state index in [1.165, 1.54) is 0 Å². The molecule has 0 heterocycles. The van der Waals surface area contributed by atoms with Crippen LogP contribution in [0, 0.1) is 0 Å². The van der Waals surface area contributed by atoms with Crippen molar-refractivity contribution in [2.24, 2.45) is 0 Å². The van der Waals surface area contributed by atoms with Crippen molar-refractivity contribution >= 4 is 28.3 Å². The fourth-order valence-corrected chi connectivity index (χ4v) is 3.15. The number of ether oxygens (including phenoxy) is 1. The molecule has 0 fully saturated rings. The first-order chi connectivity index (χ1) is 14.7. The summed E-state index contributed by atoms with van der Waals surface area (Å²) in [5.74, 6) is 0.714. The minimum atomic E-state index is -0.319. The van der Waals surface area contributed by atoms with Crippen molar-refractivity contribution < 1.29 is 14.3 Å². The van der Waals surface area contributed by atoms with Crippen LogP contribution >= 0.6 is 0 Å². The van der Waals surface area contributed by atoms with E-state index >= 15 is 0 Å². The molecule has 30 heavy (non-hydrogen) atoms. The lowest BCUT2D eigenvalue weighted by atomic mass is 10.0. The van der Waals surface area contributed by atoms with Crippen LogP contribution in [0.5, 0.6) is 11.5 Å². The molecule has 2 N–H and O–H groups in total. The summed E-state index contributed by atoms with van der Waals surface area (Å²) in [5, 5.41) is 7.29. The number of benzene rings is 4. The Bertz CT molecular complexity index is 1180.